The molecule has 4 aliphatic carbocycles. The molecule has 6 unspecified atom stereocenters. The summed E-state index contributed by atoms with van der Waals surface area (Å²) in [6.45, 7) is 22.1. The predicted octanol–water partition coefficient (Wildman–Crippen LogP) is 10.0. The van der Waals surface area contributed by atoms with Crippen LogP contribution in [0.15, 0.2) is 42.0 Å². The molecule has 3 N–H and O–H groups in total. The molecule has 2 aromatic carbocycles. The number of rotatable bonds is 10. The molecule has 1 aliphatic heterocycles. The van der Waals surface area contributed by atoms with Crippen LogP contribution in [0.4, 0.5) is 0 Å². The lowest BCUT2D eigenvalue weighted by Crippen LogP contribution is -2.62. The number of aliphatic carboxylic acids is 1. The topological polar surface area (TPSA) is 109 Å². The number of aromatic hydroxyl groups is 2. The van der Waals surface area contributed by atoms with E-state index in [1.165, 1.54) is 11.1 Å². The zero-order valence-corrected chi connectivity index (χ0v) is 35.4. The van der Waals surface area contributed by atoms with Crippen LogP contribution in [0, 0.1) is 34.5 Å². The Morgan fingerprint density at radius 2 is 1.51 bits per heavy atom. The van der Waals surface area contributed by atoms with E-state index >= 15 is 0 Å². The van der Waals surface area contributed by atoms with Crippen molar-refractivity contribution in [3.05, 3.63) is 58.7 Å². The Morgan fingerprint density at radius 1 is 0.891 bits per heavy atom. The van der Waals surface area contributed by atoms with Gasteiger partial charge >= 0.3 is 5.97 Å². The number of ether oxygens (including phenoxy) is 3. The molecule has 0 spiro atoms. The van der Waals surface area contributed by atoms with Crippen molar-refractivity contribution in [1.82, 2.24) is 4.90 Å². The Balaban J connectivity index is 0.000000229. The number of hydrogen-bond donors (Lipinski definition) is 3. The second-order valence-electron chi connectivity index (χ2n) is 18.4. The molecule has 3 saturated carbocycles. The van der Waals surface area contributed by atoms with Gasteiger partial charge in [-0.25, -0.2) is 0 Å². The number of benzene rings is 2. The molecule has 9 heteroatoms. The number of halogens is 1. The van der Waals surface area contributed by atoms with E-state index in [0.717, 1.165) is 139 Å². The molecule has 4 fully saturated rings. The first kappa shape index (κ1) is 43.2. The molecule has 55 heavy (non-hydrogen) atoms. The molecule has 6 atom stereocenters. The summed E-state index contributed by atoms with van der Waals surface area (Å²) in [5.74, 6) is 1.56. The molecule has 306 valence electrons. The highest BCUT2D eigenvalue weighted by Gasteiger charge is 2.67. The van der Waals surface area contributed by atoms with Crippen molar-refractivity contribution in [2.24, 2.45) is 27.6 Å². The number of nitrogens with zero attached hydrogens (tertiary/aromatic N) is 1. The normalized spacial score (nSPS) is 32.5. The minimum atomic E-state index is -0.641. The number of carbonyl (C=O) groups is 1. The number of carboxylic acids is 1. The zero-order chi connectivity index (χ0) is 38.9. The highest BCUT2D eigenvalue weighted by Crippen LogP contribution is 2.74. The SMILES string of the molecule is CCCCOc1ccc(OCCCN2CCOCC2)cc1.Cc1c(O)c(O)cc2c1CC=C1C2(C)CCC2(C)C3CC(C)(C(=O)O)CCC3(C)CCC12C.Cl. The summed E-state index contributed by atoms with van der Waals surface area (Å²) in [5, 5.41) is 30.9. The van der Waals surface area contributed by atoms with E-state index in [9.17, 15) is 20.1 Å². The number of morpholine rings is 1. The number of allylic oxidation sites excluding steroid dienone is 2. The molecule has 1 saturated heterocycles. The first-order valence-corrected chi connectivity index (χ1v) is 20.8. The van der Waals surface area contributed by atoms with E-state index in [2.05, 4.69) is 45.6 Å². The van der Waals surface area contributed by atoms with Gasteiger partial charge in [-0.1, -0.05) is 52.7 Å². The quantitative estimate of drug-likeness (QED) is 0.124. The fourth-order valence-corrected chi connectivity index (χ4v) is 11.2. The zero-order valence-electron chi connectivity index (χ0n) is 34.6. The second-order valence-corrected chi connectivity index (χ2v) is 18.4. The van der Waals surface area contributed by atoms with Crippen LogP contribution in [0.3, 0.4) is 0 Å². The number of hydrogen-bond acceptors (Lipinski definition) is 7. The Bertz CT molecular complexity index is 1690. The summed E-state index contributed by atoms with van der Waals surface area (Å²) in [5.41, 5.74) is 4.00. The van der Waals surface area contributed by atoms with Gasteiger partial charge in [0.15, 0.2) is 11.5 Å². The molecule has 7 rings (SSSR count). The van der Waals surface area contributed by atoms with Crippen LogP contribution in [-0.4, -0.2) is 72.3 Å². The lowest BCUT2D eigenvalue weighted by Gasteiger charge is -2.69. The summed E-state index contributed by atoms with van der Waals surface area (Å²) in [6.07, 6.45) is 13.3. The Morgan fingerprint density at radius 3 is 2.13 bits per heavy atom. The third kappa shape index (κ3) is 8.12. The second kappa shape index (κ2) is 16.9. The monoisotopic (exact) mass is 781 g/mol. The van der Waals surface area contributed by atoms with Crippen molar-refractivity contribution >= 4 is 18.4 Å². The maximum atomic E-state index is 12.3. The van der Waals surface area contributed by atoms with Crippen LogP contribution in [0.25, 0.3) is 0 Å². The van der Waals surface area contributed by atoms with Gasteiger partial charge in [0, 0.05) is 25.0 Å². The van der Waals surface area contributed by atoms with Crippen LogP contribution in [0.5, 0.6) is 23.0 Å². The van der Waals surface area contributed by atoms with Gasteiger partial charge in [0.2, 0.25) is 0 Å². The lowest BCUT2D eigenvalue weighted by atomic mass is 9.34. The van der Waals surface area contributed by atoms with Gasteiger partial charge in [0.1, 0.15) is 11.5 Å². The molecule has 0 amide bonds. The fourth-order valence-electron chi connectivity index (χ4n) is 11.2. The molecule has 1 heterocycles. The Kier molecular flexibility index (Phi) is 13.3. The van der Waals surface area contributed by atoms with Crippen molar-refractivity contribution in [2.45, 2.75) is 125 Å². The van der Waals surface area contributed by atoms with Gasteiger partial charge in [-0.3, -0.25) is 9.69 Å². The summed E-state index contributed by atoms with van der Waals surface area (Å²) in [7, 11) is 0. The van der Waals surface area contributed by atoms with Gasteiger partial charge in [-0.15, -0.1) is 12.4 Å². The lowest BCUT2D eigenvalue weighted by molar-refractivity contribution is -0.177. The van der Waals surface area contributed by atoms with Crippen LogP contribution in [0.1, 0.15) is 122 Å². The van der Waals surface area contributed by atoms with E-state index in [-0.39, 0.29) is 45.6 Å². The van der Waals surface area contributed by atoms with Crippen LogP contribution in [0.2, 0.25) is 0 Å². The largest absolute Gasteiger partial charge is 0.504 e. The number of phenols is 2. The smallest absolute Gasteiger partial charge is 0.309 e. The third-order valence-corrected chi connectivity index (χ3v) is 15.2. The number of unbranched alkanes of at least 4 members (excludes halogenated alkanes) is 1. The molecule has 2 aromatic rings. The average Bonchev–Trinajstić information content (AvgIpc) is 3.16. The number of phenolic OH excluding ortho intramolecular Hbond substituents is 2. The maximum Gasteiger partial charge on any atom is 0.309 e. The fraction of sp³-hybridized carbons (Fsp3) is 0.674. The highest BCUT2D eigenvalue weighted by molar-refractivity contribution is 5.85. The molecular formula is C46H68ClNO7. The summed E-state index contributed by atoms with van der Waals surface area (Å²) < 4.78 is 16.7. The Labute approximate surface area is 336 Å². The standard InChI is InChI=1S/C29H40O4.C17H27NO3.ClH/c1-17-18-7-8-21-27(4,19(18)15-20(30)23(17)31)12-14-29(6)22-16-26(3,24(32)33)10-9-25(22,2)11-13-28(21,29)5;1-2-3-12-20-16-5-7-17(8-6-16)21-13-4-9-18-10-14-19-15-11-18;/h8,15,22,30-31H,7,9-14,16H2,1-6H3,(H,32,33);5-8H,2-4,9-15H2,1H3;1H. The number of carboxylic acid groups (broad SMARTS) is 1. The van der Waals surface area contributed by atoms with Crippen molar-refractivity contribution in [3.63, 3.8) is 0 Å². The van der Waals surface area contributed by atoms with E-state index in [4.69, 9.17) is 14.2 Å². The first-order valence-electron chi connectivity index (χ1n) is 20.8. The average molecular weight is 783 g/mol. The molecule has 0 aromatic heterocycles. The highest BCUT2D eigenvalue weighted by atomic mass is 35.5. The Hall–Kier alpha value is -2.94. The predicted molar refractivity (Wildman–Crippen MR) is 221 cm³/mol. The minimum absolute atomic E-state index is 0. The molecular weight excluding hydrogens is 714 g/mol. The van der Waals surface area contributed by atoms with Crippen molar-refractivity contribution in [1.29, 1.82) is 0 Å². The van der Waals surface area contributed by atoms with Crippen LogP contribution < -0.4 is 9.47 Å². The maximum absolute atomic E-state index is 12.3. The molecule has 0 radical (unpaired) electrons. The van der Waals surface area contributed by atoms with Crippen LogP contribution >= 0.6 is 12.4 Å². The third-order valence-electron chi connectivity index (χ3n) is 15.2. The first-order chi connectivity index (χ1) is 25.6. The van der Waals surface area contributed by atoms with Crippen molar-refractivity contribution < 1.29 is 34.3 Å². The van der Waals surface area contributed by atoms with E-state index in [1.807, 2.05) is 44.2 Å². The van der Waals surface area contributed by atoms with E-state index < -0.39 is 11.4 Å². The van der Waals surface area contributed by atoms with Gasteiger partial charge in [0.25, 0.3) is 0 Å². The van der Waals surface area contributed by atoms with E-state index in [0.29, 0.717) is 5.92 Å². The van der Waals surface area contributed by atoms with Crippen LogP contribution in [-0.2, 0) is 21.4 Å². The molecule has 8 nitrogen and oxygen atoms in total. The molecule has 5 aliphatic rings. The van der Waals surface area contributed by atoms with Crippen molar-refractivity contribution in [2.75, 3.05) is 46.1 Å². The van der Waals surface area contributed by atoms with E-state index in [1.54, 1.807) is 0 Å². The molecule has 0 bridgehead atoms. The van der Waals surface area contributed by atoms with Crippen molar-refractivity contribution in [3.8, 4) is 23.0 Å². The number of fused-ring (bicyclic) bond motifs is 7. The van der Waals surface area contributed by atoms with Gasteiger partial charge in [0.05, 0.1) is 31.8 Å². The summed E-state index contributed by atoms with van der Waals surface area (Å²) >= 11 is 0. The van der Waals surface area contributed by atoms with Gasteiger partial charge in [-0.2, -0.15) is 0 Å². The van der Waals surface area contributed by atoms with Gasteiger partial charge in [-0.05, 0) is 147 Å². The summed E-state index contributed by atoms with van der Waals surface area (Å²) in [6, 6.07) is 9.73. The summed E-state index contributed by atoms with van der Waals surface area (Å²) in [4.78, 5) is 14.7. The van der Waals surface area contributed by atoms with Gasteiger partial charge < -0.3 is 29.5 Å². The minimum Gasteiger partial charge on any atom is -0.504 e.